The van der Waals surface area contributed by atoms with Crippen LogP contribution in [0, 0.1) is 23.7 Å². The molecule has 0 aromatic heterocycles. The van der Waals surface area contributed by atoms with Gasteiger partial charge in [0.05, 0.1) is 5.75 Å². The van der Waals surface area contributed by atoms with Crippen molar-refractivity contribution in [1.82, 2.24) is 5.32 Å². The SMILES string of the molecule is CCS(=O)(=O)CCN[C@@H]1C[C@H]2C[C@H]1[C@@H]1CCC[C@H]21. The number of rotatable bonds is 5. The zero-order chi connectivity index (χ0) is 12.8. The molecular weight excluding hydrogens is 246 g/mol. The summed E-state index contributed by atoms with van der Waals surface area (Å²) in [5, 5.41) is 3.54. The Balaban J connectivity index is 1.51. The van der Waals surface area contributed by atoms with E-state index >= 15 is 0 Å². The molecule has 5 atom stereocenters. The molecule has 0 aromatic rings. The Kier molecular flexibility index (Phi) is 3.43. The second kappa shape index (κ2) is 4.78. The molecule has 1 N–H and O–H groups in total. The summed E-state index contributed by atoms with van der Waals surface area (Å²) in [7, 11) is -2.80. The van der Waals surface area contributed by atoms with Crippen LogP contribution < -0.4 is 5.32 Å². The second-order valence-electron chi connectivity index (χ2n) is 6.45. The molecule has 2 bridgehead atoms. The van der Waals surface area contributed by atoms with Crippen LogP contribution in [0.3, 0.4) is 0 Å². The summed E-state index contributed by atoms with van der Waals surface area (Å²) in [6, 6.07) is 0.612. The lowest BCUT2D eigenvalue weighted by Gasteiger charge is -2.32. The van der Waals surface area contributed by atoms with Gasteiger partial charge in [0.1, 0.15) is 0 Å². The minimum absolute atomic E-state index is 0.274. The molecule has 4 heteroatoms. The quantitative estimate of drug-likeness (QED) is 0.830. The van der Waals surface area contributed by atoms with Crippen molar-refractivity contribution in [2.75, 3.05) is 18.1 Å². The summed E-state index contributed by atoms with van der Waals surface area (Å²) in [6.45, 7) is 2.39. The van der Waals surface area contributed by atoms with Gasteiger partial charge in [0.2, 0.25) is 0 Å². The Morgan fingerprint density at radius 2 is 1.89 bits per heavy atom. The summed E-state index contributed by atoms with van der Waals surface area (Å²) in [5.41, 5.74) is 0. The Hall–Kier alpha value is -0.0900. The fourth-order valence-corrected chi connectivity index (χ4v) is 5.56. The van der Waals surface area contributed by atoms with Gasteiger partial charge >= 0.3 is 0 Å². The van der Waals surface area contributed by atoms with Gasteiger partial charge in [0, 0.05) is 18.3 Å². The standard InChI is InChI=1S/C14H25NO2S/c1-2-18(16,17)7-6-15-14-9-10-8-13(14)12-5-3-4-11(10)12/h10-15H,2-9H2,1H3/t10-,11-,12-,13+,14-/m1/s1. The molecule has 0 aliphatic heterocycles. The Bertz CT molecular complexity index is 406. The number of fused-ring (bicyclic) bond motifs is 5. The maximum absolute atomic E-state index is 11.5. The largest absolute Gasteiger partial charge is 0.313 e. The van der Waals surface area contributed by atoms with E-state index in [9.17, 15) is 8.42 Å². The summed E-state index contributed by atoms with van der Waals surface area (Å²) >= 11 is 0. The molecule has 3 aliphatic rings. The van der Waals surface area contributed by atoms with E-state index in [1.807, 2.05) is 0 Å². The second-order valence-corrected chi connectivity index (χ2v) is 8.92. The molecule has 0 unspecified atom stereocenters. The predicted molar refractivity (Wildman–Crippen MR) is 73.2 cm³/mol. The molecule has 3 aliphatic carbocycles. The molecule has 3 saturated carbocycles. The lowest BCUT2D eigenvalue weighted by atomic mass is 9.79. The molecular formula is C14H25NO2S. The maximum atomic E-state index is 11.5. The topological polar surface area (TPSA) is 46.2 Å². The fourth-order valence-electron chi connectivity index (χ4n) is 4.85. The van der Waals surface area contributed by atoms with Crippen molar-refractivity contribution in [3.05, 3.63) is 0 Å². The third-order valence-corrected chi connectivity index (χ3v) is 7.39. The van der Waals surface area contributed by atoms with Crippen LogP contribution in [0.5, 0.6) is 0 Å². The van der Waals surface area contributed by atoms with Crippen LogP contribution in [-0.2, 0) is 9.84 Å². The summed E-state index contributed by atoms with van der Waals surface area (Å²) in [6.07, 6.45) is 7.03. The van der Waals surface area contributed by atoms with Crippen LogP contribution in [0.1, 0.15) is 39.0 Å². The third kappa shape index (κ3) is 2.22. The van der Waals surface area contributed by atoms with Crippen molar-refractivity contribution in [2.24, 2.45) is 23.7 Å². The van der Waals surface area contributed by atoms with Crippen LogP contribution in [0.4, 0.5) is 0 Å². The van der Waals surface area contributed by atoms with Gasteiger partial charge in [-0.05, 0) is 49.4 Å². The van der Waals surface area contributed by atoms with Crippen LogP contribution in [0.25, 0.3) is 0 Å². The van der Waals surface area contributed by atoms with E-state index in [0.717, 1.165) is 23.7 Å². The van der Waals surface area contributed by atoms with E-state index in [2.05, 4.69) is 5.32 Å². The average molecular weight is 271 g/mol. The highest BCUT2D eigenvalue weighted by molar-refractivity contribution is 7.91. The molecule has 3 nitrogen and oxygen atoms in total. The molecule has 0 saturated heterocycles. The Morgan fingerprint density at radius 3 is 2.67 bits per heavy atom. The normalized spacial score (nSPS) is 42.4. The molecule has 0 radical (unpaired) electrons. The summed E-state index contributed by atoms with van der Waals surface area (Å²) in [4.78, 5) is 0. The maximum Gasteiger partial charge on any atom is 0.151 e. The first-order valence-corrected chi connectivity index (χ1v) is 9.36. The van der Waals surface area contributed by atoms with Gasteiger partial charge < -0.3 is 5.32 Å². The molecule has 0 aromatic carbocycles. The van der Waals surface area contributed by atoms with Crippen molar-refractivity contribution in [1.29, 1.82) is 0 Å². The minimum atomic E-state index is -2.80. The van der Waals surface area contributed by atoms with Crippen LogP contribution >= 0.6 is 0 Å². The van der Waals surface area contributed by atoms with Gasteiger partial charge in [-0.15, -0.1) is 0 Å². The third-order valence-electron chi connectivity index (χ3n) is 5.69. The highest BCUT2D eigenvalue weighted by atomic mass is 32.2. The van der Waals surface area contributed by atoms with Crippen molar-refractivity contribution < 1.29 is 8.42 Å². The number of sulfone groups is 1. The predicted octanol–water partition coefficient (Wildman–Crippen LogP) is 1.84. The Morgan fingerprint density at radius 1 is 1.11 bits per heavy atom. The van der Waals surface area contributed by atoms with Gasteiger partial charge in [0.15, 0.2) is 9.84 Å². The van der Waals surface area contributed by atoms with Gasteiger partial charge in [-0.1, -0.05) is 13.3 Å². The van der Waals surface area contributed by atoms with E-state index in [0.29, 0.717) is 18.3 Å². The molecule has 0 heterocycles. The average Bonchev–Trinajstić information content (AvgIpc) is 3.00. The first-order chi connectivity index (χ1) is 8.61. The van der Waals surface area contributed by atoms with Crippen LogP contribution in [0.2, 0.25) is 0 Å². The van der Waals surface area contributed by atoms with E-state index in [1.54, 1.807) is 6.92 Å². The molecule has 0 amide bonds. The number of hydrogen-bond donors (Lipinski definition) is 1. The smallest absolute Gasteiger partial charge is 0.151 e. The van der Waals surface area contributed by atoms with Gasteiger partial charge in [-0.3, -0.25) is 0 Å². The van der Waals surface area contributed by atoms with Crippen molar-refractivity contribution in [2.45, 2.75) is 45.1 Å². The van der Waals surface area contributed by atoms with E-state index in [1.165, 1.54) is 32.1 Å². The van der Waals surface area contributed by atoms with E-state index < -0.39 is 9.84 Å². The molecule has 3 rings (SSSR count). The number of nitrogens with one attached hydrogen (secondary N) is 1. The molecule has 3 fully saturated rings. The Labute approximate surface area is 111 Å². The van der Waals surface area contributed by atoms with Gasteiger partial charge in [-0.2, -0.15) is 0 Å². The van der Waals surface area contributed by atoms with Crippen molar-refractivity contribution >= 4 is 9.84 Å². The lowest BCUT2D eigenvalue weighted by Crippen LogP contribution is -2.41. The van der Waals surface area contributed by atoms with Gasteiger partial charge in [0.25, 0.3) is 0 Å². The number of hydrogen-bond acceptors (Lipinski definition) is 3. The van der Waals surface area contributed by atoms with Gasteiger partial charge in [-0.25, -0.2) is 8.42 Å². The first-order valence-electron chi connectivity index (χ1n) is 7.54. The fraction of sp³-hybridized carbons (Fsp3) is 1.00. The highest BCUT2D eigenvalue weighted by Gasteiger charge is 2.53. The lowest BCUT2D eigenvalue weighted by molar-refractivity contribution is 0.211. The highest BCUT2D eigenvalue weighted by Crippen LogP contribution is 2.58. The molecule has 104 valence electrons. The van der Waals surface area contributed by atoms with Crippen molar-refractivity contribution in [3.8, 4) is 0 Å². The van der Waals surface area contributed by atoms with Crippen LogP contribution in [0.15, 0.2) is 0 Å². The summed E-state index contributed by atoms with van der Waals surface area (Å²) < 4.78 is 23.0. The zero-order valence-electron chi connectivity index (χ0n) is 11.3. The first kappa shape index (κ1) is 12.9. The van der Waals surface area contributed by atoms with Crippen LogP contribution in [-0.4, -0.2) is 32.5 Å². The van der Waals surface area contributed by atoms with E-state index in [4.69, 9.17) is 0 Å². The minimum Gasteiger partial charge on any atom is -0.313 e. The summed E-state index contributed by atoms with van der Waals surface area (Å²) in [5.74, 6) is 4.37. The molecule has 18 heavy (non-hydrogen) atoms. The van der Waals surface area contributed by atoms with Crippen molar-refractivity contribution in [3.63, 3.8) is 0 Å². The van der Waals surface area contributed by atoms with E-state index in [-0.39, 0.29) is 5.75 Å². The zero-order valence-corrected chi connectivity index (χ0v) is 12.1. The molecule has 0 spiro atoms. The monoisotopic (exact) mass is 271 g/mol.